The van der Waals surface area contributed by atoms with E-state index in [1.165, 1.54) is 6.07 Å². The van der Waals surface area contributed by atoms with Crippen LogP contribution in [-0.4, -0.2) is 21.3 Å². The first-order valence-corrected chi connectivity index (χ1v) is 5.29. The first-order valence-electron chi connectivity index (χ1n) is 4.50. The lowest BCUT2D eigenvalue weighted by Gasteiger charge is -2.00. The third-order valence-electron chi connectivity index (χ3n) is 2.02. The Labute approximate surface area is 100 Å². The van der Waals surface area contributed by atoms with Crippen LogP contribution in [-0.2, 0) is 0 Å². The zero-order valence-electron chi connectivity index (χ0n) is 8.09. The molecule has 0 aliphatic carbocycles. The van der Waals surface area contributed by atoms with Crippen molar-refractivity contribution in [3.63, 3.8) is 0 Å². The molecule has 0 radical (unpaired) electrons. The summed E-state index contributed by atoms with van der Waals surface area (Å²) in [6.07, 6.45) is 0. The normalized spacial score (nSPS) is 10.1. The SMILES string of the molecule is O=C(O)c1ccc(-c2ccc(Br)cc2)nn1. The molecule has 1 N–H and O–H groups in total. The summed E-state index contributed by atoms with van der Waals surface area (Å²) < 4.78 is 0.978. The number of aromatic nitrogens is 2. The van der Waals surface area contributed by atoms with Crippen LogP contribution in [0.5, 0.6) is 0 Å². The molecule has 5 heteroatoms. The van der Waals surface area contributed by atoms with Crippen LogP contribution in [0.2, 0.25) is 0 Å². The van der Waals surface area contributed by atoms with Gasteiger partial charge >= 0.3 is 5.97 Å². The molecule has 2 aromatic rings. The Morgan fingerprint density at radius 1 is 1.06 bits per heavy atom. The zero-order chi connectivity index (χ0) is 11.5. The summed E-state index contributed by atoms with van der Waals surface area (Å²) in [5.41, 5.74) is 1.49. The summed E-state index contributed by atoms with van der Waals surface area (Å²) >= 11 is 3.33. The second-order valence-corrected chi connectivity index (χ2v) is 4.03. The lowest BCUT2D eigenvalue weighted by molar-refractivity contribution is 0.0689. The van der Waals surface area contributed by atoms with Crippen molar-refractivity contribution in [1.29, 1.82) is 0 Å². The van der Waals surface area contributed by atoms with Gasteiger partial charge in [-0.1, -0.05) is 28.1 Å². The highest BCUT2D eigenvalue weighted by Gasteiger charge is 2.05. The molecule has 0 bridgehead atoms. The number of carboxylic acid groups (broad SMARTS) is 1. The van der Waals surface area contributed by atoms with Crippen molar-refractivity contribution in [2.75, 3.05) is 0 Å². The van der Waals surface area contributed by atoms with E-state index in [1.54, 1.807) is 6.07 Å². The first-order chi connectivity index (χ1) is 7.66. The molecule has 0 aliphatic rings. The molecule has 16 heavy (non-hydrogen) atoms. The predicted octanol–water partition coefficient (Wildman–Crippen LogP) is 2.60. The monoisotopic (exact) mass is 278 g/mol. The molecule has 1 aromatic heterocycles. The molecule has 0 amide bonds. The number of carbonyl (C=O) groups is 1. The molecule has 2 rings (SSSR count). The molecule has 80 valence electrons. The van der Waals surface area contributed by atoms with Crippen molar-refractivity contribution >= 4 is 21.9 Å². The van der Waals surface area contributed by atoms with Crippen LogP contribution in [0.15, 0.2) is 40.9 Å². The fourth-order valence-corrected chi connectivity index (χ4v) is 1.49. The van der Waals surface area contributed by atoms with Crippen LogP contribution in [0.1, 0.15) is 10.5 Å². The van der Waals surface area contributed by atoms with Crippen LogP contribution in [0.4, 0.5) is 0 Å². The van der Waals surface area contributed by atoms with Crippen molar-refractivity contribution in [1.82, 2.24) is 10.2 Å². The van der Waals surface area contributed by atoms with E-state index in [1.807, 2.05) is 24.3 Å². The molecule has 0 saturated heterocycles. The maximum absolute atomic E-state index is 10.6. The van der Waals surface area contributed by atoms with Crippen LogP contribution in [0.25, 0.3) is 11.3 Å². The Kier molecular flexibility index (Phi) is 2.96. The van der Waals surface area contributed by atoms with Crippen molar-refractivity contribution in [3.8, 4) is 11.3 Å². The number of rotatable bonds is 2. The Hall–Kier alpha value is -1.75. The summed E-state index contributed by atoms with van der Waals surface area (Å²) in [5, 5.41) is 16.1. The highest BCUT2D eigenvalue weighted by Crippen LogP contribution is 2.19. The summed E-state index contributed by atoms with van der Waals surface area (Å²) in [7, 11) is 0. The van der Waals surface area contributed by atoms with Gasteiger partial charge in [-0.15, -0.1) is 10.2 Å². The minimum absolute atomic E-state index is 0.0548. The standard InChI is InChI=1S/C11H7BrN2O2/c12-8-3-1-7(2-4-8)9-5-6-10(11(15)16)14-13-9/h1-6H,(H,15,16). The number of carboxylic acids is 1. The molecule has 4 nitrogen and oxygen atoms in total. The van der Waals surface area contributed by atoms with Gasteiger partial charge in [0.2, 0.25) is 0 Å². The molecule has 0 aliphatic heterocycles. The zero-order valence-corrected chi connectivity index (χ0v) is 9.68. The smallest absolute Gasteiger partial charge is 0.356 e. The van der Waals surface area contributed by atoms with Crippen LogP contribution in [0.3, 0.4) is 0 Å². The third-order valence-corrected chi connectivity index (χ3v) is 2.55. The van der Waals surface area contributed by atoms with Crippen LogP contribution < -0.4 is 0 Å². The van der Waals surface area contributed by atoms with E-state index in [-0.39, 0.29) is 5.69 Å². The molecule has 0 spiro atoms. The van der Waals surface area contributed by atoms with Gasteiger partial charge in [-0.25, -0.2) is 4.79 Å². The minimum Gasteiger partial charge on any atom is -0.476 e. The van der Waals surface area contributed by atoms with Gasteiger partial charge in [0, 0.05) is 10.0 Å². The molecule has 0 fully saturated rings. The molecule has 1 heterocycles. The van der Waals surface area contributed by atoms with Gasteiger partial charge in [-0.2, -0.15) is 0 Å². The fraction of sp³-hybridized carbons (Fsp3) is 0. The number of benzene rings is 1. The van der Waals surface area contributed by atoms with E-state index in [9.17, 15) is 4.79 Å². The van der Waals surface area contributed by atoms with E-state index in [4.69, 9.17) is 5.11 Å². The van der Waals surface area contributed by atoms with Crippen molar-refractivity contribution in [2.45, 2.75) is 0 Å². The van der Waals surface area contributed by atoms with E-state index in [0.29, 0.717) is 5.69 Å². The molecular formula is C11H7BrN2O2. The highest BCUT2D eigenvalue weighted by atomic mass is 79.9. The lowest BCUT2D eigenvalue weighted by atomic mass is 10.1. The fourth-order valence-electron chi connectivity index (χ4n) is 1.22. The lowest BCUT2D eigenvalue weighted by Crippen LogP contribution is -2.01. The number of aromatic carboxylic acids is 1. The Balaban J connectivity index is 2.34. The Bertz CT molecular complexity index is 509. The van der Waals surface area contributed by atoms with Crippen LogP contribution in [0, 0.1) is 0 Å². The molecule has 0 unspecified atom stereocenters. The van der Waals surface area contributed by atoms with E-state index >= 15 is 0 Å². The second-order valence-electron chi connectivity index (χ2n) is 3.12. The minimum atomic E-state index is -1.07. The maximum Gasteiger partial charge on any atom is 0.356 e. The van der Waals surface area contributed by atoms with Crippen molar-refractivity contribution < 1.29 is 9.90 Å². The van der Waals surface area contributed by atoms with Gasteiger partial charge in [0.1, 0.15) is 0 Å². The summed E-state index contributed by atoms with van der Waals surface area (Å²) in [4.78, 5) is 10.6. The maximum atomic E-state index is 10.6. The summed E-state index contributed by atoms with van der Waals surface area (Å²) in [6.45, 7) is 0. The van der Waals surface area contributed by atoms with E-state index in [2.05, 4.69) is 26.1 Å². The summed E-state index contributed by atoms with van der Waals surface area (Å²) in [6, 6.07) is 10.6. The molecule has 0 atom stereocenters. The first kappa shape index (κ1) is 10.8. The highest BCUT2D eigenvalue weighted by molar-refractivity contribution is 9.10. The molecular weight excluding hydrogens is 272 g/mol. The average Bonchev–Trinajstić information content (AvgIpc) is 2.30. The summed E-state index contributed by atoms with van der Waals surface area (Å²) in [5.74, 6) is -1.07. The van der Waals surface area contributed by atoms with E-state index in [0.717, 1.165) is 10.0 Å². The number of halogens is 1. The number of hydrogen-bond donors (Lipinski definition) is 1. The Morgan fingerprint density at radius 2 is 1.75 bits per heavy atom. The number of nitrogens with zero attached hydrogens (tertiary/aromatic N) is 2. The van der Waals surface area contributed by atoms with Gasteiger partial charge in [0.15, 0.2) is 5.69 Å². The largest absolute Gasteiger partial charge is 0.476 e. The third kappa shape index (κ3) is 2.25. The molecule has 1 aromatic carbocycles. The molecule has 0 saturated carbocycles. The van der Waals surface area contributed by atoms with Gasteiger partial charge in [0.25, 0.3) is 0 Å². The van der Waals surface area contributed by atoms with Crippen LogP contribution >= 0.6 is 15.9 Å². The van der Waals surface area contributed by atoms with Gasteiger partial charge in [0.05, 0.1) is 5.69 Å². The predicted molar refractivity (Wildman–Crippen MR) is 62.1 cm³/mol. The van der Waals surface area contributed by atoms with E-state index < -0.39 is 5.97 Å². The second kappa shape index (κ2) is 4.40. The Morgan fingerprint density at radius 3 is 2.25 bits per heavy atom. The van der Waals surface area contributed by atoms with Gasteiger partial charge in [-0.3, -0.25) is 0 Å². The average molecular weight is 279 g/mol. The van der Waals surface area contributed by atoms with Crippen molar-refractivity contribution in [2.24, 2.45) is 0 Å². The van der Waals surface area contributed by atoms with Crippen molar-refractivity contribution in [3.05, 3.63) is 46.6 Å². The topological polar surface area (TPSA) is 63.1 Å². The van der Waals surface area contributed by atoms with Gasteiger partial charge in [-0.05, 0) is 24.3 Å². The quantitative estimate of drug-likeness (QED) is 0.917. The van der Waals surface area contributed by atoms with Gasteiger partial charge < -0.3 is 5.11 Å². The number of hydrogen-bond acceptors (Lipinski definition) is 3.